The van der Waals surface area contributed by atoms with Crippen LogP contribution in [0.3, 0.4) is 0 Å². The lowest BCUT2D eigenvalue weighted by Crippen LogP contribution is -2.20. The Bertz CT molecular complexity index is 515. The van der Waals surface area contributed by atoms with Gasteiger partial charge in [-0.25, -0.2) is 18.7 Å². The molecule has 7 heteroatoms. The molecule has 0 aromatic carbocycles. The first-order valence-corrected chi connectivity index (χ1v) is 5.72. The molecule has 0 saturated carbocycles. The minimum atomic E-state index is -0.853. The van der Waals surface area contributed by atoms with E-state index < -0.39 is 11.6 Å². The number of hydrogen-bond acceptors (Lipinski definition) is 5. The number of pyridine rings is 1. The SMILES string of the molecule is CN(Cc1cscn1)c1nc(N)c(F)cc1F. The zero-order chi connectivity index (χ0) is 12.4. The summed E-state index contributed by atoms with van der Waals surface area (Å²) < 4.78 is 26.4. The van der Waals surface area contributed by atoms with Crippen molar-refractivity contribution in [3.63, 3.8) is 0 Å². The van der Waals surface area contributed by atoms with Crippen LogP contribution >= 0.6 is 11.3 Å². The maximum Gasteiger partial charge on any atom is 0.168 e. The van der Waals surface area contributed by atoms with Crippen LogP contribution in [0.5, 0.6) is 0 Å². The molecule has 2 aromatic heterocycles. The van der Waals surface area contributed by atoms with Crippen LogP contribution in [0.1, 0.15) is 5.69 Å². The second-order valence-corrected chi connectivity index (χ2v) is 4.22. The van der Waals surface area contributed by atoms with Crippen molar-refractivity contribution in [2.75, 3.05) is 17.7 Å². The number of anilines is 2. The molecule has 2 N–H and O–H groups in total. The molecule has 4 nitrogen and oxygen atoms in total. The molecule has 0 amide bonds. The molecule has 2 aromatic rings. The first-order chi connectivity index (χ1) is 8.08. The molecule has 0 aliphatic heterocycles. The van der Waals surface area contributed by atoms with Gasteiger partial charge in [-0.15, -0.1) is 11.3 Å². The monoisotopic (exact) mass is 256 g/mol. The van der Waals surface area contributed by atoms with Gasteiger partial charge in [0.25, 0.3) is 0 Å². The summed E-state index contributed by atoms with van der Waals surface area (Å²) in [4.78, 5) is 9.28. The Balaban J connectivity index is 2.24. The van der Waals surface area contributed by atoms with Crippen LogP contribution in [0.2, 0.25) is 0 Å². The van der Waals surface area contributed by atoms with Gasteiger partial charge in [-0.1, -0.05) is 0 Å². The lowest BCUT2D eigenvalue weighted by Gasteiger charge is -2.17. The predicted molar refractivity (Wildman–Crippen MR) is 62.8 cm³/mol. The Morgan fingerprint density at radius 2 is 2.18 bits per heavy atom. The van der Waals surface area contributed by atoms with Crippen molar-refractivity contribution in [1.29, 1.82) is 0 Å². The molecule has 0 aliphatic rings. The lowest BCUT2D eigenvalue weighted by molar-refractivity contribution is 0.573. The van der Waals surface area contributed by atoms with E-state index in [4.69, 9.17) is 5.73 Å². The molecule has 0 spiro atoms. The Kier molecular flexibility index (Phi) is 3.19. The van der Waals surface area contributed by atoms with Gasteiger partial charge in [-0.3, -0.25) is 0 Å². The average Bonchev–Trinajstić information content (AvgIpc) is 2.76. The van der Waals surface area contributed by atoms with Crippen LogP contribution in [-0.4, -0.2) is 17.0 Å². The first kappa shape index (κ1) is 11.7. The largest absolute Gasteiger partial charge is 0.381 e. The fourth-order valence-corrected chi connectivity index (χ4v) is 1.92. The molecule has 17 heavy (non-hydrogen) atoms. The molecule has 0 bridgehead atoms. The van der Waals surface area contributed by atoms with Crippen LogP contribution in [0.4, 0.5) is 20.4 Å². The van der Waals surface area contributed by atoms with Crippen molar-refractivity contribution in [2.24, 2.45) is 0 Å². The van der Waals surface area contributed by atoms with E-state index >= 15 is 0 Å². The minimum Gasteiger partial charge on any atom is -0.381 e. The standard InChI is InChI=1S/C10H10F2N4S/c1-16(3-6-4-17-5-14-6)10-8(12)2-7(11)9(13)15-10/h2,4-5H,3H2,1H3,(H2,13,15). The Morgan fingerprint density at radius 3 is 2.82 bits per heavy atom. The van der Waals surface area contributed by atoms with Crippen molar-refractivity contribution in [3.8, 4) is 0 Å². The topological polar surface area (TPSA) is 55.0 Å². The van der Waals surface area contributed by atoms with Crippen molar-refractivity contribution < 1.29 is 8.78 Å². The van der Waals surface area contributed by atoms with Crippen LogP contribution in [0.25, 0.3) is 0 Å². The molecular formula is C10H10F2N4S. The van der Waals surface area contributed by atoms with E-state index in [1.165, 1.54) is 16.2 Å². The quantitative estimate of drug-likeness (QED) is 0.913. The lowest BCUT2D eigenvalue weighted by atomic mass is 10.3. The second-order valence-electron chi connectivity index (χ2n) is 3.50. The highest BCUT2D eigenvalue weighted by molar-refractivity contribution is 7.07. The number of thiazole rings is 1. The molecular weight excluding hydrogens is 246 g/mol. The van der Waals surface area contributed by atoms with Gasteiger partial charge in [0, 0.05) is 18.5 Å². The molecule has 0 atom stereocenters. The van der Waals surface area contributed by atoms with Gasteiger partial charge in [0.1, 0.15) is 0 Å². The molecule has 90 valence electrons. The molecule has 0 radical (unpaired) electrons. The zero-order valence-corrected chi connectivity index (χ0v) is 9.84. The average molecular weight is 256 g/mol. The van der Waals surface area contributed by atoms with Crippen LogP contribution in [-0.2, 0) is 6.54 Å². The van der Waals surface area contributed by atoms with Crippen LogP contribution in [0.15, 0.2) is 17.0 Å². The van der Waals surface area contributed by atoms with Crippen molar-refractivity contribution in [1.82, 2.24) is 9.97 Å². The number of hydrogen-bond donors (Lipinski definition) is 1. The fraction of sp³-hybridized carbons (Fsp3) is 0.200. The third kappa shape index (κ3) is 2.50. The fourth-order valence-electron chi connectivity index (χ4n) is 1.37. The molecule has 0 fully saturated rings. The Hall–Kier alpha value is -1.76. The van der Waals surface area contributed by atoms with Gasteiger partial charge in [0.2, 0.25) is 0 Å². The summed E-state index contributed by atoms with van der Waals surface area (Å²) in [5.74, 6) is -1.90. The van der Waals surface area contributed by atoms with Gasteiger partial charge in [0.05, 0.1) is 17.7 Å². The normalized spacial score (nSPS) is 10.5. The van der Waals surface area contributed by atoms with Crippen LogP contribution < -0.4 is 10.6 Å². The highest BCUT2D eigenvalue weighted by Gasteiger charge is 2.14. The summed E-state index contributed by atoms with van der Waals surface area (Å²) in [5.41, 5.74) is 7.79. The highest BCUT2D eigenvalue weighted by atomic mass is 32.1. The molecule has 0 saturated heterocycles. The number of nitrogens with two attached hydrogens (primary N) is 1. The van der Waals surface area contributed by atoms with Gasteiger partial charge >= 0.3 is 0 Å². The van der Waals surface area contributed by atoms with E-state index in [9.17, 15) is 8.78 Å². The van der Waals surface area contributed by atoms with E-state index in [2.05, 4.69) is 9.97 Å². The summed E-state index contributed by atoms with van der Waals surface area (Å²) in [6, 6.07) is 0.731. The number of rotatable bonds is 3. The maximum absolute atomic E-state index is 13.5. The molecule has 0 unspecified atom stereocenters. The van der Waals surface area contributed by atoms with Crippen molar-refractivity contribution in [2.45, 2.75) is 6.54 Å². The number of nitrogens with zero attached hydrogens (tertiary/aromatic N) is 3. The van der Waals surface area contributed by atoms with Crippen LogP contribution in [0, 0.1) is 11.6 Å². The van der Waals surface area contributed by atoms with Crippen molar-refractivity contribution >= 4 is 23.0 Å². The van der Waals surface area contributed by atoms with Crippen molar-refractivity contribution in [3.05, 3.63) is 34.3 Å². The summed E-state index contributed by atoms with van der Waals surface area (Å²) in [5, 5.41) is 1.85. The third-order valence-corrected chi connectivity index (χ3v) is 2.82. The number of nitrogen functional groups attached to an aromatic ring is 1. The summed E-state index contributed by atoms with van der Waals surface area (Å²) in [6.45, 7) is 0.387. The molecule has 2 rings (SSSR count). The van der Waals surface area contributed by atoms with Gasteiger partial charge in [0.15, 0.2) is 23.3 Å². The minimum absolute atomic E-state index is 0.0110. The second kappa shape index (κ2) is 4.62. The van der Waals surface area contributed by atoms with E-state index in [1.807, 2.05) is 5.38 Å². The summed E-state index contributed by atoms with van der Waals surface area (Å²) >= 11 is 1.45. The highest BCUT2D eigenvalue weighted by Crippen LogP contribution is 2.21. The first-order valence-electron chi connectivity index (χ1n) is 4.77. The predicted octanol–water partition coefficient (Wildman–Crippen LogP) is 2.03. The van der Waals surface area contributed by atoms with E-state index in [0.29, 0.717) is 6.54 Å². The Labute approximate surface area is 101 Å². The van der Waals surface area contributed by atoms with Gasteiger partial charge in [-0.2, -0.15) is 0 Å². The number of aromatic nitrogens is 2. The smallest absolute Gasteiger partial charge is 0.168 e. The maximum atomic E-state index is 13.5. The summed E-state index contributed by atoms with van der Waals surface area (Å²) in [6.07, 6.45) is 0. The zero-order valence-electron chi connectivity index (χ0n) is 9.02. The van der Waals surface area contributed by atoms with Gasteiger partial charge < -0.3 is 10.6 Å². The number of halogens is 2. The molecule has 0 aliphatic carbocycles. The third-order valence-electron chi connectivity index (χ3n) is 2.18. The van der Waals surface area contributed by atoms with E-state index in [-0.39, 0.29) is 11.6 Å². The molecule has 2 heterocycles. The van der Waals surface area contributed by atoms with Gasteiger partial charge in [-0.05, 0) is 0 Å². The summed E-state index contributed by atoms with van der Waals surface area (Å²) in [7, 11) is 1.64. The van der Waals surface area contributed by atoms with E-state index in [1.54, 1.807) is 12.6 Å². The Morgan fingerprint density at radius 1 is 1.41 bits per heavy atom. The van der Waals surface area contributed by atoms with E-state index in [0.717, 1.165) is 11.8 Å².